The van der Waals surface area contributed by atoms with E-state index in [4.69, 9.17) is 13.8 Å². The summed E-state index contributed by atoms with van der Waals surface area (Å²) in [6.07, 6.45) is 74.0. The first-order valence-electron chi connectivity index (χ1n) is 31.9. The maximum Gasteiger partial charge on any atom is 0.306 e. The Labute approximate surface area is 476 Å². The van der Waals surface area contributed by atoms with Gasteiger partial charge in [0.25, 0.3) is 7.82 Å². The molecule has 10 heteroatoms. The minimum absolute atomic E-state index is 0.0283. The normalized spacial score (nSPS) is 14.2. The number of carbonyl (C=O) groups is 2. The van der Waals surface area contributed by atoms with E-state index in [1.807, 2.05) is 33.3 Å². The number of rotatable bonds is 57. The van der Waals surface area contributed by atoms with E-state index >= 15 is 0 Å². The highest BCUT2D eigenvalue weighted by molar-refractivity contribution is 7.45. The van der Waals surface area contributed by atoms with Gasteiger partial charge in [-0.15, -0.1) is 0 Å². The Kier molecular flexibility index (Phi) is 54.4. The highest BCUT2D eigenvalue weighted by Gasteiger charge is 2.27. The number of nitrogens with one attached hydrogen (secondary N) is 1. The SMILES string of the molecule is CC/C=C\C/C=C\C/C=C\C/C=C\C/C=C\CCCCCCCCCC(=O)NC(COP(=O)([O-])OCC[N+](C)(C)C)C(/C=C\CCCCCCCCCCCCC)OC(=O)CCCCCCCCC/C=C\CCCCCC. The topological polar surface area (TPSA) is 114 Å². The van der Waals surface area contributed by atoms with Crippen molar-refractivity contribution >= 4 is 19.7 Å². The third-order valence-electron chi connectivity index (χ3n) is 13.8. The highest BCUT2D eigenvalue weighted by atomic mass is 31.2. The second-order valence-corrected chi connectivity index (χ2v) is 23.9. The summed E-state index contributed by atoms with van der Waals surface area (Å²) >= 11 is 0. The minimum Gasteiger partial charge on any atom is -0.756 e. The first kappa shape index (κ1) is 74.2. The number of hydrogen-bond acceptors (Lipinski definition) is 7. The van der Waals surface area contributed by atoms with Gasteiger partial charge in [0.15, 0.2) is 0 Å². The molecule has 1 amide bonds. The Morgan fingerprint density at radius 2 is 0.831 bits per heavy atom. The van der Waals surface area contributed by atoms with Gasteiger partial charge in [-0.05, 0) is 102 Å². The van der Waals surface area contributed by atoms with Gasteiger partial charge in [-0.3, -0.25) is 14.2 Å². The van der Waals surface area contributed by atoms with Crippen LogP contribution in [0.1, 0.15) is 278 Å². The third kappa shape index (κ3) is 57.7. The van der Waals surface area contributed by atoms with Crippen molar-refractivity contribution < 1.29 is 37.3 Å². The van der Waals surface area contributed by atoms with Gasteiger partial charge < -0.3 is 28.5 Å². The lowest BCUT2D eigenvalue weighted by Gasteiger charge is -2.30. The van der Waals surface area contributed by atoms with Crippen molar-refractivity contribution in [3.8, 4) is 0 Å². The van der Waals surface area contributed by atoms with Crippen LogP contribution < -0.4 is 10.2 Å². The molecule has 0 spiro atoms. The predicted octanol–water partition coefficient (Wildman–Crippen LogP) is 19.1. The molecule has 0 radical (unpaired) electrons. The molecule has 0 aromatic carbocycles. The molecule has 77 heavy (non-hydrogen) atoms. The number of quaternary nitrogens is 1. The zero-order chi connectivity index (χ0) is 56.4. The number of ether oxygens (including phenoxy) is 1. The number of allylic oxidation sites excluding steroid dienone is 13. The fourth-order valence-electron chi connectivity index (χ4n) is 8.90. The fourth-order valence-corrected chi connectivity index (χ4v) is 9.62. The number of amides is 1. The molecule has 3 unspecified atom stereocenters. The Balaban J connectivity index is 5.25. The van der Waals surface area contributed by atoms with Gasteiger partial charge >= 0.3 is 5.97 Å². The van der Waals surface area contributed by atoms with E-state index in [0.29, 0.717) is 17.4 Å². The summed E-state index contributed by atoms with van der Waals surface area (Å²) in [6, 6.07) is -0.900. The molecule has 0 bridgehead atoms. The summed E-state index contributed by atoms with van der Waals surface area (Å²) in [4.78, 5) is 40.0. The number of hydrogen-bond donors (Lipinski definition) is 1. The van der Waals surface area contributed by atoms with Crippen LogP contribution in [0.4, 0.5) is 0 Å². The van der Waals surface area contributed by atoms with E-state index < -0.39 is 26.6 Å². The van der Waals surface area contributed by atoms with Crippen LogP contribution in [0.3, 0.4) is 0 Å². The van der Waals surface area contributed by atoms with E-state index in [2.05, 4.69) is 99.0 Å². The Morgan fingerprint density at radius 1 is 0.468 bits per heavy atom. The second-order valence-electron chi connectivity index (χ2n) is 22.5. The summed E-state index contributed by atoms with van der Waals surface area (Å²) in [7, 11) is 1.17. The smallest absolute Gasteiger partial charge is 0.306 e. The standard InChI is InChI=1S/C67H121N2O7P/c1-7-10-13-16-19-22-25-28-30-31-32-33-34-35-36-37-39-41-44-47-50-53-56-59-66(70)68-64(63-75-77(72,73)74-62-61-69(4,5)6)65(58-55-52-49-46-43-40-27-24-21-18-15-12-9-3)76-67(71)60-57-54-51-48-45-42-38-29-26-23-20-17-14-11-8-2/h10,13,19,22-23,26,28,30,32-33,35-36,55,58,64-65H,7-9,11-12,14-18,20-21,24-25,27,29,31,34,37-54,56-57,59-63H2,1-6H3,(H-,68,70,72,73)/b13-10-,22-19-,26-23-,30-28-,33-32-,36-35-,58-55-. The molecule has 1 N–H and O–H groups in total. The molecular weight excluding hydrogens is 976 g/mol. The minimum atomic E-state index is -4.71. The first-order valence-corrected chi connectivity index (χ1v) is 33.4. The maximum absolute atomic E-state index is 13.6. The number of likely N-dealkylation sites (N-methyl/N-ethyl adjacent to an activating group) is 1. The Morgan fingerprint density at radius 3 is 1.27 bits per heavy atom. The average molecular weight is 1100 g/mol. The quantitative estimate of drug-likeness (QED) is 0.0212. The van der Waals surface area contributed by atoms with Crippen molar-refractivity contribution in [1.29, 1.82) is 0 Å². The monoisotopic (exact) mass is 1100 g/mol. The van der Waals surface area contributed by atoms with Crippen molar-refractivity contribution in [3.63, 3.8) is 0 Å². The van der Waals surface area contributed by atoms with Crippen molar-refractivity contribution in [1.82, 2.24) is 5.32 Å². The number of unbranched alkanes of at least 4 members (excludes halogenated alkanes) is 29. The van der Waals surface area contributed by atoms with Crippen LogP contribution in [0.25, 0.3) is 0 Å². The summed E-state index contributed by atoms with van der Waals surface area (Å²) in [5, 5.41) is 3.03. The predicted molar refractivity (Wildman–Crippen MR) is 330 cm³/mol. The largest absolute Gasteiger partial charge is 0.756 e. The molecule has 0 aliphatic heterocycles. The van der Waals surface area contributed by atoms with E-state index in [1.54, 1.807) is 0 Å². The van der Waals surface area contributed by atoms with Gasteiger partial charge in [-0.25, -0.2) is 0 Å². The fraction of sp³-hybridized carbons (Fsp3) is 0.761. The average Bonchev–Trinajstić information content (AvgIpc) is 3.39. The lowest BCUT2D eigenvalue weighted by Crippen LogP contribution is -2.47. The zero-order valence-corrected chi connectivity index (χ0v) is 51.8. The van der Waals surface area contributed by atoms with E-state index in [9.17, 15) is 19.0 Å². The van der Waals surface area contributed by atoms with Crippen LogP contribution in [-0.4, -0.2) is 69.4 Å². The first-order chi connectivity index (χ1) is 37.4. The molecule has 0 aromatic heterocycles. The van der Waals surface area contributed by atoms with Crippen LogP contribution in [-0.2, 0) is 27.9 Å². The van der Waals surface area contributed by atoms with Gasteiger partial charge in [0.05, 0.1) is 33.8 Å². The van der Waals surface area contributed by atoms with Crippen molar-refractivity contribution in [3.05, 3.63) is 85.1 Å². The van der Waals surface area contributed by atoms with Crippen LogP contribution in [0.15, 0.2) is 85.1 Å². The third-order valence-corrected chi connectivity index (χ3v) is 14.8. The highest BCUT2D eigenvalue weighted by Crippen LogP contribution is 2.38. The Bertz CT molecular complexity index is 1590. The summed E-state index contributed by atoms with van der Waals surface area (Å²) < 4.78 is 30.3. The second kappa shape index (κ2) is 56.5. The van der Waals surface area contributed by atoms with Crippen LogP contribution in [0.5, 0.6) is 0 Å². The van der Waals surface area contributed by atoms with E-state index in [0.717, 1.165) is 116 Å². The molecule has 0 aliphatic rings. The van der Waals surface area contributed by atoms with Crippen LogP contribution >= 0.6 is 7.82 Å². The number of esters is 1. The molecular formula is C67H121N2O7P. The molecule has 0 saturated carbocycles. The molecule has 0 rings (SSSR count). The molecule has 0 heterocycles. The van der Waals surface area contributed by atoms with Gasteiger partial charge in [0, 0.05) is 12.8 Å². The zero-order valence-electron chi connectivity index (χ0n) is 50.9. The molecule has 9 nitrogen and oxygen atoms in total. The molecule has 446 valence electrons. The van der Waals surface area contributed by atoms with Crippen molar-refractivity contribution in [2.75, 3.05) is 40.9 Å². The maximum atomic E-state index is 13.6. The van der Waals surface area contributed by atoms with Crippen LogP contribution in [0.2, 0.25) is 0 Å². The number of phosphoric ester groups is 1. The number of nitrogens with zero attached hydrogens (tertiary/aromatic N) is 1. The molecule has 3 atom stereocenters. The lowest BCUT2D eigenvalue weighted by atomic mass is 10.0. The van der Waals surface area contributed by atoms with E-state index in [-0.39, 0.29) is 24.9 Å². The van der Waals surface area contributed by atoms with Crippen LogP contribution in [0, 0.1) is 0 Å². The van der Waals surface area contributed by atoms with Gasteiger partial charge in [0.2, 0.25) is 5.91 Å². The summed E-state index contributed by atoms with van der Waals surface area (Å²) in [5.41, 5.74) is 0. The van der Waals surface area contributed by atoms with Crippen molar-refractivity contribution in [2.45, 2.75) is 290 Å². The number of carbonyl (C=O) groups excluding carboxylic acids is 2. The summed E-state index contributed by atoms with van der Waals surface area (Å²) in [5.74, 6) is -0.557. The molecule has 0 fully saturated rings. The molecule has 0 aliphatic carbocycles. The molecule has 0 aromatic rings. The Hall–Kier alpha value is -2.81. The number of phosphoric acid groups is 1. The van der Waals surface area contributed by atoms with Gasteiger partial charge in [-0.1, -0.05) is 247 Å². The van der Waals surface area contributed by atoms with Gasteiger partial charge in [0.1, 0.15) is 19.3 Å². The van der Waals surface area contributed by atoms with Gasteiger partial charge in [-0.2, -0.15) is 0 Å². The lowest BCUT2D eigenvalue weighted by molar-refractivity contribution is -0.870. The summed E-state index contributed by atoms with van der Waals surface area (Å²) in [6.45, 7) is 6.71. The van der Waals surface area contributed by atoms with Crippen molar-refractivity contribution in [2.24, 2.45) is 0 Å². The molecule has 0 saturated heterocycles. The van der Waals surface area contributed by atoms with E-state index in [1.165, 1.54) is 128 Å².